The van der Waals surface area contributed by atoms with Crippen molar-refractivity contribution in [1.29, 1.82) is 0 Å². The molecule has 1 atom stereocenters. The summed E-state index contributed by atoms with van der Waals surface area (Å²) in [6.07, 6.45) is 0.247. The normalized spacial score (nSPS) is 17.5. The third kappa shape index (κ3) is 2.51. The zero-order valence-electron chi connectivity index (χ0n) is 9.80. The first-order chi connectivity index (χ1) is 8.83. The Labute approximate surface area is 105 Å². The molecule has 0 aromatic heterocycles. The predicted molar refractivity (Wildman–Crippen MR) is 67.1 cm³/mol. The second kappa shape index (κ2) is 4.78. The third-order valence-corrected chi connectivity index (χ3v) is 2.88. The molecule has 0 amide bonds. The van der Waals surface area contributed by atoms with Crippen LogP contribution in [0, 0.1) is 5.82 Å². The summed E-state index contributed by atoms with van der Waals surface area (Å²) in [5, 5.41) is 0. The van der Waals surface area contributed by atoms with E-state index in [-0.39, 0.29) is 11.9 Å². The van der Waals surface area contributed by atoms with E-state index in [0.717, 1.165) is 17.9 Å². The van der Waals surface area contributed by atoms with Gasteiger partial charge < -0.3 is 9.47 Å². The average Bonchev–Trinajstić information content (AvgIpc) is 3.22. The Bertz CT molecular complexity index is 532. The SMILES string of the molecule is Fc1ccccc1-c1ccc(OCC2CO2)cc1. The molecule has 0 spiro atoms. The summed E-state index contributed by atoms with van der Waals surface area (Å²) in [7, 11) is 0. The van der Waals surface area contributed by atoms with Crippen molar-refractivity contribution in [2.24, 2.45) is 0 Å². The zero-order valence-corrected chi connectivity index (χ0v) is 9.80. The molecule has 2 aromatic carbocycles. The van der Waals surface area contributed by atoms with Gasteiger partial charge in [0, 0.05) is 5.56 Å². The highest BCUT2D eigenvalue weighted by Crippen LogP contribution is 2.25. The van der Waals surface area contributed by atoms with Crippen molar-refractivity contribution < 1.29 is 13.9 Å². The summed E-state index contributed by atoms with van der Waals surface area (Å²) in [6, 6.07) is 14.2. The molecule has 1 saturated heterocycles. The van der Waals surface area contributed by atoms with Crippen LogP contribution in [0.3, 0.4) is 0 Å². The van der Waals surface area contributed by atoms with Crippen molar-refractivity contribution in [2.45, 2.75) is 6.10 Å². The van der Waals surface area contributed by atoms with Gasteiger partial charge in [-0.3, -0.25) is 0 Å². The average molecular weight is 244 g/mol. The third-order valence-electron chi connectivity index (χ3n) is 2.88. The summed E-state index contributed by atoms with van der Waals surface area (Å²) < 4.78 is 24.2. The number of rotatable bonds is 4. The summed E-state index contributed by atoms with van der Waals surface area (Å²) >= 11 is 0. The Kier molecular flexibility index (Phi) is 2.99. The Balaban J connectivity index is 1.75. The van der Waals surface area contributed by atoms with Crippen LogP contribution in [0.5, 0.6) is 5.75 Å². The maximum Gasteiger partial charge on any atom is 0.131 e. The van der Waals surface area contributed by atoms with Gasteiger partial charge >= 0.3 is 0 Å². The molecule has 0 radical (unpaired) electrons. The molecular weight excluding hydrogens is 231 g/mol. The second-order valence-electron chi connectivity index (χ2n) is 4.27. The van der Waals surface area contributed by atoms with Crippen LogP contribution in [0.1, 0.15) is 0 Å². The van der Waals surface area contributed by atoms with Gasteiger partial charge in [-0.05, 0) is 23.8 Å². The number of ether oxygens (including phenoxy) is 2. The quantitative estimate of drug-likeness (QED) is 0.770. The van der Waals surface area contributed by atoms with E-state index in [2.05, 4.69) is 0 Å². The molecular formula is C15H13FO2. The lowest BCUT2D eigenvalue weighted by atomic mass is 10.1. The minimum absolute atomic E-state index is 0.211. The van der Waals surface area contributed by atoms with E-state index in [0.29, 0.717) is 12.2 Å². The molecule has 3 rings (SSSR count). The fourth-order valence-corrected chi connectivity index (χ4v) is 1.78. The molecule has 92 valence electrons. The maximum atomic E-state index is 13.6. The van der Waals surface area contributed by atoms with E-state index in [4.69, 9.17) is 9.47 Å². The first-order valence-corrected chi connectivity index (χ1v) is 5.92. The summed E-state index contributed by atoms with van der Waals surface area (Å²) in [4.78, 5) is 0. The van der Waals surface area contributed by atoms with Gasteiger partial charge in [-0.25, -0.2) is 4.39 Å². The van der Waals surface area contributed by atoms with Crippen molar-refractivity contribution in [1.82, 2.24) is 0 Å². The van der Waals surface area contributed by atoms with Crippen LogP contribution in [0.25, 0.3) is 11.1 Å². The Morgan fingerprint density at radius 1 is 1.11 bits per heavy atom. The highest BCUT2D eigenvalue weighted by Gasteiger charge is 2.22. The summed E-state index contributed by atoms with van der Waals surface area (Å²) in [5.41, 5.74) is 1.46. The Morgan fingerprint density at radius 3 is 2.50 bits per heavy atom. The molecule has 0 aliphatic carbocycles. The van der Waals surface area contributed by atoms with Crippen LogP contribution >= 0.6 is 0 Å². The molecule has 3 heteroatoms. The van der Waals surface area contributed by atoms with Crippen molar-refractivity contribution in [2.75, 3.05) is 13.2 Å². The lowest BCUT2D eigenvalue weighted by molar-refractivity contribution is 0.263. The summed E-state index contributed by atoms with van der Waals surface area (Å²) in [5.74, 6) is 0.572. The van der Waals surface area contributed by atoms with E-state index < -0.39 is 0 Å². The van der Waals surface area contributed by atoms with Crippen LogP contribution in [-0.2, 0) is 4.74 Å². The molecule has 2 nitrogen and oxygen atoms in total. The van der Waals surface area contributed by atoms with Crippen molar-refractivity contribution in [3.63, 3.8) is 0 Å². The van der Waals surface area contributed by atoms with E-state index >= 15 is 0 Å². The first kappa shape index (κ1) is 11.2. The molecule has 18 heavy (non-hydrogen) atoms. The van der Waals surface area contributed by atoms with Gasteiger partial charge in [0.05, 0.1) is 6.61 Å². The van der Waals surface area contributed by atoms with Gasteiger partial charge in [-0.15, -0.1) is 0 Å². The van der Waals surface area contributed by atoms with E-state index in [1.165, 1.54) is 6.07 Å². The smallest absolute Gasteiger partial charge is 0.131 e. The standard InChI is InChI=1S/C15H13FO2/c16-15-4-2-1-3-14(15)11-5-7-12(8-6-11)17-9-13-10-18-13/h1-8,13H,9-10H2. The van der Waals surface area contributed by atoms with E-state index in [9.17, 15) is 4.39 Å². The molecule has 0 N–H and O–H groups in total. The molecule has 1 fully saturated rings. The van der Waals surface area contributed by atoms with Crippen LogP contribution in [0.4, 0.5) is 4.39 Å². The lowest BCUT2D eigenvalue weighted by Gasteiger charge is -2.06. The van der Waals surface area contributed by atoms with Crippen LogP contribution in [0.15, 0.2) is 48.5 Å². The molecule has 0 bridgehead atoms. The number of halogens is 1. The fourth-order valence-electron chi connectivity index (χ4n) is 1.78. The fraction of sp³-hybridized carbons (Fsp3) is 0.200. The highest BCUT2D eigenvalue weighted by atomic mass is 19.1. The minimum atomic E-state index is -0.211. The molecule has 1 unspecified atom stereocenters. The number of benzene rings is 2. The van der Waals surface area contributed by atoms with Gasteiger partial charge in [0.2, 0.25) is 0 Å². The highest BCUT2D eigenvalue weighted by molar-refractivity contribution is 5.64. The van der Waals surface area contributed by atoms with Crippen LogP contribution < -0.4 is 4.74 Å². The maximum absolute atomic E-state index is 13.6. The van der Waals surface area contributed by atoms with Crippen molar-refractivity contribution in [3.05, 3.63) is 54.3 Å². The molecule has 1 aliphatic rings. The van der Waals surface area contributed by atoms with Crippen molar-refractivity contribution >= 4 is 0 Å². The first-order valence-electron chi connectivity index (χ1n) is 5.92. The summed E-state index contributed by atoms with van der Waals surface area (Å²) in [6.45, 7) is 1.37. The second-order valence-corrected chi connectivity index (χ2v) is 4.27. The monoisotopic (exact) mass is 244 g/mol. The van der Waals surface area contributed by atoms with Gasteiger partial charge in [-0.2, -0.15) is 0 Å². The number of epoxide rings is 1. The van der Waals surface area contributed by atoms with Crippen LogP contribution in [-0.4, -0.2) is 19.3 Å². The zero-order chi connectivity index (χ0) is 12.4. The van der Waals surface area contributed by atoms with Gasteiger partial charge in [0.15, 0.2) is 0 Å². The Morgan fingerprint density at radius 2 is 1.83 bits per heavy atom. The lowest BCUT2D eigenvalue weighted by Crippen LogP contribution is -2.03. The van der Waals surface area contributed by atoms with E-state index in [1.54, 1.807) is 12.1 Å². The molecule has 1 heterocycles. The molecule has 1 aliphatic heterocycles. The van der Waals surface area contributed by atoms with Crippen LogP contribution in [0.2, 0.25) is 0 Å². The molecule has 0 saturated carbocycles. The largest absolute Gasteiger partial charge is 0.491 e. The number of hydrogen-bond acceptors (Lipinski definition) is 2. The predicted octanol–water partition coefficient (Wildman–Crippen LogP) is 3.27. The minimum Gasteiger partial charge on any atom is -0.491 e. The van der Waals surface area contributed by atoms with Gasteiger partial charge in [0.25, 0.3) is 0 Å². The topological polar surface area (TPSA) is 21.8 Å². The number of hydrogen-bond donors (Lipinski definition) is 0. The molecule has 2 aromatic rings. The van der Waals surface area contributed by atoms with E-state index in [1.807, 2.05) is 30.3 Å². The van der Waals surface area contributed by atoms with Crippen molar-refractivity contribution in [3.8, 4) is 16.9 Å². The van der Waals surface area contributed by atoms with Gasteiger partial charge in [-0.1, -0.05) is 30.3 Å². The van der Waals surface area contributed by atoms with Gasteiger partial charge in [0.1, 0.15) is 24.3 Å². The Hall–Kier alpha value is -1.87.